The first kappa shape index (κ1) is 23.3. The van der Waals surface area contributed by atoms with Crippen LogP contribution in [0.1, 0.15) is 30.4 Å². The van der Waals surface area contributed by atoms with E-state index in [1.807, 2.05) is 11.0 Å². The Bertz CT molecular complexity index is 762. The summed E-state index contributed by atoms with van der Waals surface area (Å²) in [5, 5.41) is 2.99. The van der Waals surface area contributed by atoms with E-state index in [9.17, 15) is 9.59 Å². The van der Waals surface area contributed by atoms with Crippen molar-refractivity contribution >= 4 is 11.8 Å². The number of carbonyl (C=O) groups excluding carboxylic acids is 2. The van der Waals surface area contributed by atoms with E-state index in [1.54, 1.807) is 14.2 Å². The van der Waals surface area contributed by atoms with E-state index < -0.39 is 0 Å². The fraction of sp³-hybridized carbons (Fsp3) is 0.652. The lowest BCUT2D eigenvalue weighted by atomic mass is 10.1. The van der Waals surface area contributed by atoms with Gasteiger partial charge in [0.25, 0.3) is 0 Å². The van der Waals surface area contributed by atoms with Crippen LogP contribution in [0.15, 0.2) is 12.1 Å². The number of hydrogen-bond donors (Lipinski definition) is 1. The number of aryl methyl sites for hydroxylation is 1. The van der Waals surface area contributed by atoms with E-state index in [-0.39, 0.29) is 11.8 Å². The lowest BCUT2D eigenvalue weighted by molar-refractivity contribution is -0.127. The first-order chi connectivity index (χ1) is 15.0. The highest BCUT2D eigenvalue weighted by Crippen LogP contribution is 2.30. The maximum atomic E-state index is 12.2. The van der Waals surface area contributed by atoms with Crippen LogP contribution < -0.4 is 14.8 Å². The standard InChI is InChI=1S/C23H36N4O4/c1-18-14-20(30-2)21(31-3)15-19(18)16-25-10-12-26(13-11-25)17-22(28)24-7-5-9-27-8-4-6-23(27)29/h14-15H,4-13,16-17H2,1-3H3,(H,24,28). The third-order valence-electron chi connectivity index (χ3n) is 6.17. The highest BCUT2D eigenvalue weighted by Gasteiger charge is 2.21. The molecule has 172 valence electrons. The molecular formula is C23H36N4O4. The van der Waals surface area contributed by atoms with Gasteiger partial charge in [0, 0.05) is 58.8 Å². The molecular weight excluding hydrogens is 396 g/mol. The summed E-state index contributed by atoms with van der Waals surface area (Å²) >= 11 is 0. The van der Waals surface area contributed by atoms with Crippen molar-refractivity contribution in [3.63, 3.8) is 0 Å². The van der Waals surface area contributed by atoms with E-state index in [2.05, 4.69) is 28.1 Å². The monoisotopic (exact) mass is 432 g/mol. The molecule has 0 bridgehead atoms. The highest BCUT2D eigenvalue weighted by molar-refractivity contribution is 5.78. The Morgan fingerprint density at radius 2 is 1.71 bits per heavy atom. The number of benzene rings is 1. The lowest BCUT2D eigenvalue weighted by Crippen LogP contribution is -2.49. The number of nitrogens with one attached hydrogen (secondary N) is 1. The van der Waals surface area contributed by atoms with Crippen LogP contribution >= 0.6 is 0 Å². The van der Waals surface area contributed by atoms with E-state index >= 15 is 0 Å². The predicted molar refractivity (Wildman–Crippen MR) is 119 cm³/mol. The molecule has 2 heterocycles. The molecule has 0 unspecified atom stereocenters. The number of amides is 2. The van der Waals surface area contributed by atoms with Crippen molar-refractivity contribution in [2.24, 2.45) is 0 Å². The van der Waals surface area contributed by atoms with Crippen molar-refractivity contribution in [1.82, 2.24) is 20.0 Å². The van der Waals surface area contributed by atoms with Crippen LogP contribution in [0, 0.1) is 6.92 Å². The van der Waals surface area contributed by atoms with Gasteiger partial charge in [0.1, 0.15) is 0 Å². The summed E-state index contributed by atoms with van der Waals surface area (Å²) in [5.41, 5.74) is 2.43. The van der Waals surface area contributed by atoms with Crippen molar-refractivity contribution in [2.45, 2.75) is 32.7 Å². The summed E-state index contributed by atoms with van der Waals surface area (Å²) in [6.45, 7) is 9.24. The molecule has 0 spiro atoms. The summed E-state index contributed by atoms with van der Waals surface area (Å²) in [6.07, 6.45) is 2.45. The first-order valence-corrected chi connectivity index (χ1v) is 11.2. The van der Waals surface area contributed by atoms with Gasteiger partial charge in [0.2, 0.25) is 11.8 Å². The number of likely N-dealkylation sites (tertiary alicyclic amines) is 1. The Labute approximate surface area is 185 Å². The molecule has 2 fully saturated rings. The molecule has 2 amide bonds. The number of ether oxygens (including phenoxy) is 2. The number of methoxy groups -OCH3 is 2. The second kappa shape index (κ2) is 11.3. The van der Waals surface area contributed by atoms with Crippen molar-refractivity contribution in [3.8, 4) is 11.5 Å². The molecule has 0 aliphatic carbocycles. The molecule has 0 aromatic heterocycles. The van der Waals surface area contributed by atoms with Gasteiger partial charge in [-0.05, 0) is 43.0 Å². The summed E-state index contributed by atoms with van der Waals surface area (Å²) in [7, 11) is 3.31. The molecule has 1 aromatic rings. The molecule has 8 nitrogen and oxygen atoms in total. The molecule has 2 aliphatic rings. The Balaban J connectivity index is 1.36. The van der Waals surface area contributed by atoms with E-state index in [0.29, 0.717) is 19.5 Å². The van der Waals surface area contributed by atoms with Crippen molar-refractivity contribution in [2.75, 3.05) is 66.6 Å². The maximum absolute atomic E-state index is 12.2. The molecule has 2 saturated heterocycles. The quantitative estimate of drug-likeness (QED) is 0.561. The fourth-order valence-electron chi connectivity index (χ4n) is 4.24. The van der Waals surface area contributed by atoms with Crippen LogP contribution in [0.2, 0.25) is 0 Å². The third-order valence-corrected chi connectivity index (χ3v) is 6.17. The molecule has 8 heteroatoms. The van der Waals surface area contributed by atoms with Crippen molar-refractivity contribution < 1.29 is 19.1 Å². The largest absolute Gasteiger partial charge is 0.493 e. The zero-order valence-corrected chi connectivity index (χ0v) is 19.1. The highest BCUT2D eigenvalue weighted by atomic mass is 16.5. The van der Waals surface area contributed by atoms with E-state index in [1.165, 1.54) is 11.1 Å². The Morgan fingerprint density at radius 3 is 2.35 bits per heavy atom. The Kier molecular flexibility index (Phi) is 8.54. The fourth-order valence-corrected chi connectivity index (χ4v) is 4.24. The first-order valence-electron chi connectivity index (χ1n) is 11.2. The lowest BCUT2D eigenvalue weighted by Gasteiger charge is -2.34. The van der Waals surface area contributed by atoms with Gasteiger partial charge < -0.3 is 19.7 Å². The third kappa shape index (κ3) is 6.58. The summed E-state index contributed by atoms with van der Waals surface area (Å²) < 4.78 is 10.8. The van der Waals surface area contributed by atoms with E-state index in [4.69, 9.17) is 9.47 Å². The summed E-state index contributed by atoms with van der Waals surface area (Å²) in [4.78, 5) is 30.4. The van der Waals surface area contributed by atoms with Crippen LogP contribution in [0.25, 0.3) is 0 Å². The Morgan fingerprint density at radius 1 is 1.03 bits per heavy atom. The second-order valence-corrected chi connectivity index (χ2v) is 8.37. The van der Waals surface area contributed by atoms with Gasteiger partial charge in [0.05, 0.1) is 20.8 Å². The van der Waals surface area contributed by atoms with Gasteiger partial charge in [0.15, 0.2) is 11.5 Å². The minimum Gasteiger partial charge on any atom is -0.493 e. The molecule has 0 atom stereocenters. The molecule has 31 heavy (non-hydrogen) atoms. The van der Waals surface area contributed by atoms with Crippen LogP contribution in [0.4, 0.5) is 0 Å². The van der Waals surface area contributed by atoms with Crippen molar-refractivity contribution in [3.05, 3.63) is 23.3 Å². The van der Waals surface area contributed by atoms with E-state index in [0.717, 1.165) is 70.2 Å². The molecule has 1 aromatic carbocycles. The molecule has 3 rings (SSSR count). The van der Waals surface area contributed by atoms with Crippen LogP contribution in [-0.4, -0.2) is 93.1 Å². The normalized spacial score (nSPS) is 17.8. The van der Waals surface area contributed by atoms with Gasteiger partial charge in [-0.25, -0.2) is 0 Å². The zero-order valence-electron chi connectivity index (χ0n) is 19.1. The molecule has 2 aliphatic heterocycles. The number of hydrogen-bond acceptors (Lipinski definition) is 6. The zero-order chi connectivity index (χ0) is 22.2. The number of rotatable bonds is 10. The van der Waals surface area contributed by atoms with Gasteiger partial charge >= 0.3 is 0 Å². The smallest absolute Gasteiger partial charge is 0.234 e. The van der Waals surface area contributed by atoms with Gasteiger partial charge in [-0.2, -0.15) is 0 Å². The van der Waals surface area contributed by atoms with Gasteiger partial charge in [-0.15, -0.1) is 0 Å². The van der Waals surface area contributed by atoms with Crippen molar-refractivity contribution in [1.29, 1.82) is 0 Å². The molecule has 1 N–H and O–H groups in total. The minimum atomic E-state index is 0.0666. The SMILES string of the molecule is COc1cc(C)c(CN2CCN(CC(=O)NCCCN3CCCC3=O)CC2)cc1OC. The predicted octanol–water partition coefficient (Wildman–Crippen LogP) is 1.26. The van der Waals surface area contributed by atoms with Crippen LogP contribution in [0.3, 0.4) is 0 Å². The Hall–Kier alpha value is -2.32. The second-order valence-electron chi connectivity index (χ2n) is 8.37. The average Bonchev–Trinajstić information content (AvgIpc) is 3.18. The number of nitrogens with zero attached hydrogens (tertiary/aromatic N) is 3. The van der Waals surface area contributed by atoms with Crippen LogP contribution in [0.5, 0.6) is 11.5 Å². The van der Waals surface area contributed by atoms with Gasteiger partial charge in [-0.1, -0.05) is 0 Å². The topological polar surface area (TPSA) is 74.4 Å². The summed E-state index contributed by atoms with van der Waals surface area (Å²) in [6, 6.07) is 4.08. The number of piperazine rings is 1. The number of carbonyl (C=O) groups is 2. The molecule has 0 radical (unpaired) electrons. The average molecular weight is 433 g/mol. The minimum absolute atomic E-state index is 0.0666. The summed E-state index contributed by atoms with van der Waals surface area (Å²) in [5.74, 6) is 1.82. The van der Waals surface area contributed by atoms with Crippen LogP contribution in [-0.2, 0) is 16.1 Å². The molecule has 0 saturated carbocycles. The maximum Gasteiger partial charge on any atom is 0.234 e. The van der Waals surface area contributed by atoms with Gasteiger partial charge in [-0.3, -0.25) is 19.4 Å².